The molecule has 1 aliphatic heterocycles. The van der Waals surface area contributed by atoms with Crippen LogP contribution in [0.1, 0.15) is 56.0 Å². The number of nitrogens with one attached hydrogen (secondary N) is 1. The molecule has 1 N–H and O–H groups in total. The zero-order valence-electron chi connectivity index (χ0n) is 19.9. The number of benzene rings is 1. The molecule has 1 aromatic rings. The second-order valence-electron chi connectivity index (χ2n) is 10.3. The number of methoxy groups -OCH3 is 1. The Morgan fingerprint density at radius 2 is 2.00 bits per heavy atom. The van der Waals surface area contributed by atoms with E-state index in [0.29, 0.717) is 30.3 Å². The number of carbonyl (C=O) groups is 1. The number of carbonyl (C=O) groups excluding carboxylic acids is 1. The van der Waals surface area contributed by atoms with Crippen molar-refractivity contribution in [3.8, 4) is 11.8 Å². The third-order valence-electron chi connectivity index (χ3n) is 7.82. The van der Waals surface area contributed by atoms with Crippen molar-refractivity contribution in [1.82, 2.24) is 9.62 Å². The van der Waals surface area contributed by atoms with Crippen molar-refractivity contribution >= 4 is 15.9 Å². The number of rotatable bonds is 5. The van der Waals surface area contributed by atoms with Gasteiger partial charge in [-0.15, -0.1) is 0 Å². The molecule has 1 amide bonds. The largest absolute Gasteiger partial charge is 0.379 e. The zero-order valence-corrected chi connectivity index (χ0v) is 20.8. The van der Waals surface area contributed by atoms with E-state index in [1.807, 2.05) is 0 Å². The van der Waals surface area contributed by atoms with Crippen LogP contribution in [0, 0.1) is 28.6 Å². The van der Waals surface area contributed by atoms with Crippen molar-refractivity contribution in [2.45, 2.75) is 51.0 Å². The normalized spacial score (nSPS) is 28.8. The molecule has 1 saturated heterocycles. The first-order valence-electron chi connectivity index (χ1n) is 11.6. The van der Waals surface area contributed by atoms with Crippen LogP contribution in [0.25, 0.3) is 0 Å². The SMILES string of the molecule is COCC#Cc1ccc(C(=O)NC2C(C)(C)[C@H]3CC[C@@]2(C)C3)cc1S(=O)(=O)N1CCOCC1. The molecule has 8 heteroatoms. The van der Waals surface area contributed by atoms with Gasteiger partial charge >= 0.3 is 0 Å². The Morgan fingerprint density at radius 3 is 2.64 bits per heavy atom. The predicted octanol–water partition coefficient (Wildman–Crippen LogP) is 2.65. The Labute approximate surface area is 197 Å². The lowest BCUT2D eigenvalue weighted by molar-refractivity contribution is 0.0728. The van der Waals surface area contributed by atoms with Gasteiger partial charge < -0.3 is 14.8 Å². The van der Waals surface area contributed by atoms with Crippen LogP contribution in [0.5, 0.6) is 0 Å². The Kier molecular flexibility index (Phi) is 6.62. The standard InChI is InChI=1S/C25H34N2O5S/c1-24(2)20-9-10-25(3,17-20)23(24)26-22(28)19-8-7-18(6-5-13-31-4)21(16-19)33(29,30)27-11-14-32-15-12-27/h7-8,16,20,23H,9-15,17H2,1-4H3,(H,26,28)/t20-,23?,25-/m0/s1. The minimum Gasteiger partial charge on any atom is -0.379 e. The average Bonchev–Trinajstić information content (AvgIpc) is 3.28. The lowest BCUT2D eigenvalue weighted by Gasteiger charge is -2.43. The van der Waals surface area contributed by atoms with Crippen molar-refractivity contribution in [2.75, 3.05) is 40.0 Å². The number of hydrogen-bond acceptors (Lipinski definition) is 5. The van der Waals surface area contributed by atoms with E-state index < -0.39 is 10.0 Å². The molecule has 1 aromatic carbocycles. The third kappa shape index (κ3) is 4.44. The number of hydrogen-bond donors (Lipinski definition) is 1. The van der Waals surface area contributed by atoms with Gasteiger partial charge in [0.2, 0.25) is 10.0 Å². The Hall–Kier alpha value is -1.92. The minimum atomic E-state index is -3.83. The molecule has 0 aromatic heterocycles. The fourth-order valence-corrected chi connectivity index (χ4v) is 7.57. The molecular formula is C25H34N2O5S. The second kappa shape index (κ2) is 9.03. The van der Waals surface area contributed by atoms with E-state index in [2.05, 4.69) is 37.9 Å². The monoisotopic (exact) mass is 474 g/mol. The van der Waals surface area contributed by atoms with Gasteiger partial charge in [0.25, 0.3) is 5.91 Å². The van der Waals surface area contributed by atoms with Gasteiger partial charge in [0, 0.05) is 37.4 Å². The van der Waals surface area contributed by atoms with Crippen molar-refractivity contribution in [2.24, 2.45) is 16.7 Å². The van der Waals surface area contributed by atoms with Crippen molar-refractivity contribution in [3.05, 3.63) is 29.3 Å². The molecule has 2 bridgehead atoms. The number of amides is 1. The molecule has 3 fully saturated rings. The van der Waals surface area contributed by atoms with Gasteiger partial charge in [0.1, 0.15) is 6.61 Å². The minimum absolute atomic E-state index is 0.0108. The van der Waals surface area contributed by atoms with E-state index >= 15 is 0 Å². The van der Waals surface area contributed by atoms with Crippen LogP contribution in [0.3, 0.4) is 0 Å². The number of nitrogens with zero attached hydrogens (tertiary/aromatic N) is 1. The molecule has 3 aliphatic rings. The van der Waals surface area contributed by atoms with Crippen molar-refractivity contribution in [3.63, 3.8) is 0 Å². The Morgan fingerprint density at radius 1 is 1.27 bits per heavy atom. The van der Waals surface area contributed by atoms with E-state index in [9.17, 15) is 13.2 Å². The van der Waals surface area contributed by atoms with Crippen molar-refractivity contribution in [1.29, 1.82) is 0 Å². The molecular weight excluding hydrogens is 440 g/mol. The molecule has 7 nitrogen and oxygen atoms in total. The summed E-state index contributed by atoms with van der Waals surface area (Å²) in [5.74, 6) is 6.09. The molecule has 4 rings (SSSR count). The van der Waals surface area contributed by atoms with Gasteiger partial charge in [-0.2, -0.15) is 4.31 Å². The van der Waals surface area contributed by atoms with Gasteiger partial charge in [0.15, 0.2) is 0 Å². The Balaban J connectivity index is 1.66. The molecule has 2 aliphatic carbocycles. The Bertz CT molecular complexity index is 1080. The maximum Gasteiger partial charge on any atom is 0.251 e. The topological polar surface area (TPSA) is 84.9 Å². The van der Waals surface area contributed by atoms with Crippen LogP contribution in [0.15, 0.2) is 23.1 Å². The van der Waals surface area contributed by atoms with Crippen molar-refractivity contribution < 1.29 is 22.7 Å². The van der Waals surface area contributed by atoms with E-state index in [1.165, 1.54) is 23.9 Å². The van der Waals surface area contributed by atoms with Gasteiger partial charge in [0.05, 0.1) is 18.1 Å². The lowest BCUT2D eigenvalue weighted by atomic mass is 9.68. The van der Waals surface area contributed by atoms with Crippen LogP contribution in [-0.2, 0) is 19.5 Å². The summed E-state index contributed by atoms with van der Waals surface area (Å²) in [5, 5.41) is 3.26. The summed E-state index contributed by atoms with van der Waals surface area (Å²) < 4.78 is 38.6. The first-order valence-corrected chi connectivity index (χ1v) is 13.0. The summed E-state index contributed by atoms with van der Waals surface area (Å²) in [4.78, 5) is 13.4. The maximum atomic E-state index is 13.5. The summed E-state index contributed by atoms with van der Waals surface area (Å²) in [6.07, 6.45) is 3.43. The van der Waals surface area contributed by atoms with E-state index in [1.54, 1.807) is 12.1 Å². The smallest absolute Gasteiger partial charge is 0.251 e. The van der Waals surface area contributed by atoms with Crippen LogP contribution in [-0.4, -0.2) is 64.7 Å². The molecule has 1 unspecified atom stereocenters. The second-order valence-corrected chi connectivity index (χ2v) is 12.2. The number of morpholine rings is 1. The summed E-state index contributed by atoms with van der Waals surface area (Å²) in [5.41, 5.74) is 0.790. The van der Waals surface area contributed by atoms with E-state index in [0.717, 1.165) is 12.8 Å². The first-order chi connectivity index (χ1) is 15.6. The molecule has 0 radical (unpaired) electrons. The summed E-state index contributed by atoms with van der Waals surface area (Å²) in [6, 6.07) is 4.81. The highest BCUT2D eigenvalue weighted by molar-refractivity contribution is 7.89. The maximum absolute atomic E-state index is 13.5. The first kappa shape index (κ1) is 24.2. The lowest BCUT2D eigenvalue weighted by Crippen LogP contribution is -2.52. The molecule has 33 heavy (non-hydrogen) atoms. The number of sulfonamides is 1. The van der Waals surface area contributed by atoms with E-state index in [4.69, 9.17) is 9.47 Å². The van der Waals surface area contributed by atoms with Gasteiger partial charge in [-0.1, -0.05) is 32.6 Å². The van der Waals surface area contributed by atoms with Gasteiger partial charge in [-0.05, 0) is 54.2 Å². The molecule has 0 spiro atoms. The van der Waals surface area contributed by atoms with Crippen LogP contribution < -0.4 is 5.32 Å². The highest BCUT2D eigenvalue weighted by Gasteiger charge is 2.59. The predicted molar refractivity (Wildman–Crippen MR) is 125 cm³/mol. The fraction of sp³-hybridized carbons (Fsp3) is 0.640. The fourth-order valence-electron chi connectivity index (χ4n) is 5.99. The average molecular weight is 475 g/mol. The van der Waals surface area contributed by atoms with Crippen LogP contribution in [0.4, 0.5) is 0 Å². The van der Waals surface area contributed by atoms with Gasteiger partial charge in [-0.25, -0.2) is 8.42 Å². The highest BCUT2D eigenvalue weighted by Crippen LogP contribution is 2.62. The van der Waals surface area contributed by atoms with Gasteiger partial charge in [-0.3, -0.25) is 4.79 Å². The zero-order chi connectivity index (χ0) is 23.9. The summed E-state index contributed by atoms with van der Waals surface area (Å²) >= 11 is 0. The third-order valence-corrected chi connectivity index (χ3v) is 9.76. The summed E-state index contributed by atoms with van der Waals surface area (Å²) in [7, 11) is -2.29. The van der Waals surface area contributed by atoms with Crippen LogP contribution >= 0.6 is 0 Å². The highest BCUT2D eigenvalue weighted by atomic mass is 32.2. The molecule has 3 atom stereocenters. The number of fused-ring (bicyclic) bond motifs is 2. The summed E-state index contributed by atoms with van der Waals surface area (Å²) in [6.45, 7) is 8.16. The quantitative estimate of drug-likeness (QED) is 0.664. The van der Waals surface area contributed by atoms with Crippen LogP contribution in [0.2, 0.25) is 0 Å². The molecule has 2 saturated carbocycles. The van der Waals surface area contributed by atoms with E-state index in [-0.39, 0.29) is 47.4 Å². The molecule has 180 valence electrons. The molecule has 1 heterocycles. The number of ether oxygens (including phenoxy) is 2.